The third-order valence-corrected chi connectivity index (χ3v) is 4.65. The Kier molecular flexibility index (Phi) is 18.1. The van der Waals surface area contributed by atoms with Crippen LogP contribution in [0.5, 0.6) is 0 Å². The summed E-state index contributed by atoms with van der Waals surface area (Å²) in [6.45, 7) is 1.38. The molecule has 0 unspecified atom stereocenters. The van der Waals surface area contributed by atoms with Gasteiger partial charge >= 0.3 is 13.8 Å². The number of hydrogen-bond donors (Lipinski definition) is 4. The highest BCUT2D eigenvalue weighted by atomic mass is 31.2. The SMILES string of the molecule is CCCCCCCCC/C=C/C=C/C=C/C=C/C=C/C(=O)N[C@@H](COP(=O)(O)O)C(=O)O. The van der Waals surface area contributed by atoms with Gasteiger partial charge in [0, 0.05) is 6.08 Å². The molecule has 0 aliphatic rings. The molecule has 0 aromatic heterocycles. The van der Waals surface area contributed by atoms with Gasteiger partial charge in [0.1, 0.15) is 0 Å². The molecule has 0 bridgehead atoms. The van der Waals surface area contributed by atoms with Gasteiger partial charge in [-0.25, -0.2) is 9.36 Å². The standard InChI is InChI=1S/C23H36NO7P/c1-2-3-4-5-6-7-8-9-10-11-12-13-14-15-16-17-18-19-22(25)24-21(23(26)27)20-31-32(28,29)30/h10-19,21H,2-9,20H2,1H3,(H,24,25)(H,26,27)(H2,28,29,30)/b11-10+,13-12+,15-14+,17-16+,19-18+/t21-/m0/s1. The number of phosphoric ester groups is 1. The molecule has 0 radical (unpaired) electrons. The van der Waals surface area contributed by atoms with Crippen LogP contribution in [0.2, 0.25) is 0 Å². The highest BCUT2D eigenvalue weighted by Gasteiger charge is 2.24. The quantitative estimate of drug-likeness (QED) is 0.0999. The minimum Gasteiger partial charge on any atom is -0.480 e. The molecule has 0 fully saturated rings. The topological polar surface area (TPSA) is 133 Å². The third-order valence-electron chi connectivity index (χ3n) is 4.16. The van der Waals surface area contributed by atoms with E-state index < -0.39 is 32.3 Å². The summed E-state index contributed by atoms with van der Waals surface area (Å²) in [5, 5.41) is 11.0. The Morgan fingerprint density at radius 3 is 1.97 bits per heavy atom. The first-order valence-electron chi connectivity index (χ1n) is 10.8. The van der Waals surface area contributed by atoms with Crippen molar-refractivity contribution in [1.82, 2.24) is 5.32 Å². The molecule has 32 heavy (non-hydrogen) atoms. The number of carbonyl (C=O) groups is 2. The average molecular weight is 470 g/mol. The fourth-order valence-corrected chi connectivity index (χ4v) is 2.83. The van der Waals surface area contributed by atoms with Gasteiger partial charge in [-0.15, -0.1) is 0 Å². The third kappa shape index (κ3) is 21.0. The Hall–Kier alpha value is -2.25. The number of nitrogens with one attached hydrogen (secondary N) is 1. The van der Waals surface area contributed by atoms with Gasteiger partial charge in [-0.3, -0.25) is 9.32 Å². The maximum atomic E-state index is 11.7. The summed E-state index contributed by atoms with van der Waals surface area (Å²) in [5.41, 5.74) is 0. The van der Waals surface area contributed by atoms with Crippen molar-refractivity contribution in [2.75, 3.05) is 6.61 Å². The molecular weight excluding hydrogens is 433 g/mol. The summed E-state index contributed by atoms with van der Waals surface area (Å²) in [5.74, 6) is -2.20. The molecule has 8 nitrogen and oxygen atoms in total. The van der Waals surface area contributed by atoms with E-state index in [1.54, 1.807) is 18.2 Å². The number of amides is 1. The van der Waals surface area contributed by atoms with Crippen molar-refractivity contribution in [2.45, 2.75) is 64.3 Å². The highest BCUT2D eigenvalue weighted by molar-refractivity contribution is 7.46. The highest BCUT2D eigenvalue weighted by Crippen LogP contribution is 2.35. The molecule has 1 amide bonds. The summed E-state index contributed by atoms with van der Waals surface area (Å²) in [6.07, 6.45) is 27.6. The average Bonchev–Trinajstić information content (AvgIpc) is 2.72. The second kappa shape index (κ2) is 19.4. The lowest BCUT2D eigenvalue weighted by Gasteiger charge is -2.13. The van der Waals surface area contributed by atoms with E-state index in [1.807, 2.05) is 24.3 Å². The first-order chi connectivity index (χ1) is 15.3. The van der Waals surface area contributed by atoms with Crippen molar-refractivity contribution >= 4 is 19.7 Å². The Morgan fingerprint density at radius 2 is 1.41 bits per heavy atom. The number of hydrogen-bond acceptors (Lipinski definition) is 4. The largest absolute Gasteiger partial charge is 0.480 e. The second-order valence-corrected chi connectivity index (χ2v) is 8.28. The molecule has 0 aromatic carbocycles. The van der Waals surface area contributed by atoms with Crippen LogP contribution in [0.1, 0.15) is 58.3 Å². The maximum Gasteiger partial charge on any atom is 0.469 e. The number of phosphoric acid groups is 1. The maximum absolute atomic E-state index is 11.7. The molecule has 0 aromatic rings. The minimum absolute atomic E-state index is 0.730. The molecule has 0 saturated heterocycles. The summed E-state index contributed by atoms with van der Waals surface area (Å²) in [7, 11) is -4.82. The van der Waals surface area contributed by atoms with Crippen LogP contribution in [0.4, 0.5) is 0 Å². The summed E-state index contributed by atoms with van der Waals surface area (Å²) in [4.78, 5) is 39.8. The molecule has 0 spiro atoms. The molecule has 0 saturated carbocycles. The Labute approximate surface area is 190 Å². The number of unbranched alkanes of at least 4 members (excludes halogenated alkanes) is 7. The molecule has 1 atom stereocenters. The van der Waals surface area contributed by atoms with Crippen LogP contribution >= 0.6 is 7.82 Å². The predicted molar refractivity (Wildman–Crippen MR) is 126 cm³/mol. The van der Waals surface area contributed by atoms with E-state index >= 15 is 0 Å². The number of carbonyl (C=O) groups excluding carboxylic acids is 1. The Balaban J connectivity index is 4.03. The first-order valence-corrected chi connectivity index (χ1v) is 12.4. The Bertz CT molecular complexity index is 720. The van der Waals surface area contributed by atoms with Crippen LogP contribution in [-0.2, 0) is 18.7 Å². The molecule has 0 aliphatic heterocycles. The van der Waals surface area contributed by atoms with Gasteiger partial charge in [-0.05, 0) is 12.8 Å². The van der Waals surface area contributed by atoms with Crippen molar-refractivity contribution in [3.63, 3.8) is 0 Å². The fourth-order valence-electron chi connectivity index (χ4n) is 2.49. The molecule has 180 valence electrons. The zero-order chi connectivity index (χ0) is 24.1. The van der Waals surface area contributed by atoms with Crippen LogP contribution < -0.4 is 5.32 Å². The van der Waals surface area contributed by atoms with Crippen LogP contribution in [0.3, 0.4) is 0 Å². The summed E-state index contributed by atoms with van der Waals surface area (Å²) in [6, 6.07) is -1.58. The van der Waals surface area contributed by atoms with Gasteiger partial charge in [0.2, 0.25) is 5.91 Å². The second-order valence-electron chi connectivity index (χ2n) is 7.04. The first kappa shape index (κ1) is 29.8. The number of aliphatic carboxylic acids is 1. The lowest BCUT2D eigenvalue weighted by atomic mass is 10.1. The molecule has 0 rings (SSSR count). The van der Waals surface area contributed by atoms with E-state index in [1.165, 1.54) is 51.0 Å². The molecular formula is C23H36NO7P. The van der Waals surface area contributed by atoms with Crippen molar-refractivity contribution < 1.29 is 33.6 Å². The summed E-state index contributed by atoms with van der Waals surface area (Å²) >= 11 is 0. The zero-order valence-corrected chi connectivity index (χ0v) is 19.5. The van der Waals surface area contributed by atoms with Crippen LogP contribution in [0.25, 0.3) is 0 Å². The molecule has 0 aliphatic carbocycles. The van der Waals surface area contributed by atoms with Gasteiger partial charge in [0.25, 0.3) is 0 Å². The predicted octanol–water partition coefficient (Wildman–Crippen LogP) is 4.59. The van der Waals surface area contributed by atoms with Crippen LogP contribution in [0.15, 0.2) is 60.8 Å². The minimum atomic E-state index is -4.82. The Morgan fingerprint density at radius 1 is 0.875 bits per heavy atom. The van der Waals surface area contributed by atoms with Gasteiger partial charge in [-0.1, -0.05) is 100 Å². The normalized spacial score (nSPS) is 13.8. The zero-order valence-electron chi connectivity index (χ0n) is 18.6. The summed E-state index contributed by atoms with van der Waals surface area (Å²) < 4.78 is 14.7. The monoisotopic (exact) mass is 469 g/mol. The lowest BCUT2D eigenvalue weighted by Crippen LogP contribution is -2.43. The van der Waals surface area contributed by atoms with Gasteiger partial charge in [0.15, 0.2) is 6.04 Å². The number of carboxylic acid groups (broad SMARTS) is 1. The van der Waals surface area contributed by atoms with Gasteiger partial charge in [0.05, 0.1) is 6.61 Å². The van der Waals surface area contributed by atoms with Crippen molar-refractivity contribution in [1.29, 1.82) is 0 Å². The number of rotatable bonds is 18. The van der Waals surface area contributed by atoms with Crippen molar-refractivity contribution in [3.8, 4) is 0 Å². The lowest BCUT2D eigenvalue weighted by molar-refractivity contribution is -0.142. The van der Waals surface area contributed by atoms with E-state index in [0.29, 0.717) is 0 Å². The van der Waals surface area contributed by atoms with E-state index in [0.717, 1.165) is 12.5 Å². The van der Waals surface area contributed by atoms with Crippen molar-refractivity contribution in [2.24, 2.45) is 0 Å². The van der Waals surface area contributed by atoms with Crippen LogP contribution in [-0.4, -0.2) is 39.4 Å². The fraction of sp³-hybridized carbons (Fsp3) is 0.478. The number of allylic oxidation sites excluding steroid dienone is 9. The van der Waals surface area contributed by atoms with E-state index in [-0.39, 0.29) is 0 Å². The van der Waals surface area contributed by atoms with Crippen LogP contribution in [0, 0.1) is 0 Å². The molecule has 0 heterocycles. The molecule has 4 N–H and O–H groups in total. The van der Waals surface area contributed by atoms with E-state index in [9.17, 15) is 14.2 Å². The van der Waals surface area contributed by atoms with E-state index in [2.05, 4.69) is 22.8 Å². The number of carboxylic acids is 1. The van der Waals surface area contributed by atoms with E-state index in [4.69, 9.17) is 14.9 Å². The smallest absolute Gasteiger partial charge is 0.469 e. The van der Waals surface area contributed by atoms with Gasteiger partial charge in [-0.2, -0.15) is 0 Å². The van der Waals surface area contributed by atoms with Crippen molar-refractivity contribution in [3.05, 3.63) is 60.8 Å². The van der Waals surface area contributed by atoms with Gasteiger partial charge < -0.3 is 20.2 Å². The molecule has 9 heteroatoms.